The van der Waals surface area contributed by atoms with E-state index in [9.17, 15) is 20.2 Å². The normalized spacial score (nSPS) is 12.1. The summed E-state index contributed by atoms with van der Waals surface area (Å²) < 4.78 is 0. The van der Waals surface area contributed by atoms with Crippen molar-refractivity contribution < 1.29 is 9.85 Å². The lowest BCUT2D eigenvalue weighted by molar-refractivity contribution is -0.393. The molecule has 0 bridgehead atoms. The van der Waals surface area contributed by atoms with Crippen molar-refractivity contribution in [1.29, 1.82) is 0 Å². The lowest BCUT2D eigenvalue weighted by atomic mass is 9.94. The summed E-state index contributed by atoms with van der Waals surface area (Å²) in [6.45, 7) is 11.7. The molecule has 0 atom stereocenters. The van der Waals surface area contributed by atoms with Gasteiger partial charge in [-0.1, -0.05) is 0 Å². The van der Waals surface area contributed by atoms with Crippen molar-refractivity contribution in [2.75, 3.05) is 4.90 Å². The molecule has 0 saturated carbocycles. The molecule has 0 fully saturated rings. The highest BCUT2D eigenvalue weighted by Crippen LogP contribution is 2.39. The van der Waals surface area contributed by atoms with Gasteiger partial charge in [-0.05, 0) is 47.6 Å². The average molecular weight is 295 g/mol. The quantitative estimate of drug-likeness (QED) is 0.623. The molecule has 0 aliphatic rings. The number of hydrogen-bond donors (Lipinski definition) is 0. The Morgan fingerprint density at radius 1 is 0.905 bits per heavy atom. The molecular weight excluding hydrogens is 274 g/mol. The van der Waals surface area contributed by atoms with Gasteiger partial charge in [0.25, 0.3) is 11.4 Å². The van der Waals surface area contributed by atoms with Crippen LogP contribution >= 0.6 is 0 Å². The third kappa shape index (κ3) is 3.68. The molecule has 0 aliphatic heterocycles. The van der Waals surface area contributed by atoms with Crippen LogP contribution in [0, 0.1) is 20.2 Å². The van der Waals surface area contributed by atoms with Gasteiger partial charge in [0.05, 0.1) is 15.9 Å². The minimum Gasteiger partial charge on any atom is -0.356 e. The number of rotatable bonds is 3. The highest BCUT2D eigenvalue weighted by molar-refractivity contribution is 5.68. The molecular formula is C14H21N3O4. The van der Waals surface area contributed by atoms with Crippen LogP contribution in [0.15, 0.2) is 18.2 Å². The van der Waals surface area contributed by atoms with Gasteiger partial charge >= 0.3 is 0 Å². The molecule has 0 saturated heterocycles. The zero-order valence-corrected chi connectivity index (χ0v) is 13.2. The maximum atomic E-state index is 11.3. The zero-order chi connectivity index (χ0) is 16.6. The number of anilines is 1. The predicted octanol–water partition coefficient (Wildman–Crippen LogP) is 3.91. The predicted molar refractivity (Wildman–Crippen MR) is 81.7 cm³/mol. The van der Waals surface area contributed by atoms with Gasteiger partial charge in [-0.25, -0.2) is 0 Å². The molecule has 7 heteroatoms. The summed E-state index contributed by atoms with van der Waals surface area (Å²) in [5.41, 5.74) is -0.911. The van der Waals surface area contributed by atoms with Crippen LogP contribution < -0.4 is 4.90 Å². The highest BCUT2D eigenvalue weighted by atomic mass is 16.6. The first kappa shape index (κ1) is 16.9. The lowest BCUT2D eigenvalue weighted by Gasteiger charge is -2.46. The van der Waals surface area contributed by atoms with Gasteiger partial charge in [-0.3, -0.25) is 20.2 Å². The molecule has 0 spiro atoms. The number of nitro benzene ring substituents is 2. The number of non-ortho nitro benzene ring substituents is 1. The van der Waals surface area contributed by atoms with Gasteiger partial charge in [0.15, 0.2) is 0 Å². The third-order valence-corrected chi connectivity index (χ3v) is 2.95. The largest absolute Gasteiger partial charge is 0.356 e. The van der Waals surface area contributed by atoms with E-state index in [2.05, 4.69) is 0 Å². The van der Waals surface area contributed by atoms with Crippen molar-refractivity contribution in [2.24, 2.45) is 0 Å². The topological polar surface area (TPSA) is 89.5 Å². The summed E-state index contributed by atoms with van der Waals surface area (Å²) in [5.74, 6) is 0. The molecule has 0 aromatic heterocycles. The van der Waals surface area contributed by atoms with E-state index < -0.39 is 9.85 Å². The van der Waals surface area contributed by atoms with E-state index in [1.54, 1.807) is 0 Å². The molecule has 116 valence electrons. The van der Waals surface area contributed by atoms with Crippen LogP contribution in [0.3, 0.4) is 0 Å². The Labute approximate surface area is 123 Å². The van der Waals surface area contributed by atoms with Crippen molar-refractivity contribution in [3.05, 3.63) is 38.4 Å². The van der Waals surface area contributed by atoms with Crippen LogP contribution in [0.2, 0.25) is 0 Å². The first-order valence-corrected chi connectivity index (χ1v) is 6.59. The second kappa shape index (κ2) is 5.31. The summed E-state index contributed by atoms with van der Waals surface area (Å²) in [7, 11) is 0. The monoisotopic (exact) mass is 295 g/mol. The van der Waals surface area contributed by atoms with E-state index in [0.717, 1.165) is 6.07 Å². The summed E-state index contributed by atoms with van der Waals surface area (Å²) in [4.78, 5) is 22.8. The van der Waals surface area contributed by atoms with Gasteiger partial charge in [0, 0.05) is 17.1 Å². The van der Waals surface area contributed by atoms with E-state index in [1.165, 1.54) is 12.1 Å². The minimum absolute atomic E-state index is 0.256. The molecule has 0 unspecified atom stereocenters. The Bertz CT molecular complexity index is 557. The van der Waals surface area contributed by atoms with Crippen molar-refractivity contribution >= 4 is 17.1 Å². The van der Waals surface area contributed by atoms with Crippen molar-refractivity contribution in [3.8, 4) is 0 Å². The summed E-state index contributed by atoms with van der Waals surface area (Å²) in [6, 6.07) is 3.76. The molecule has 1 aromatic carbocycles. The maximum absolute atomic E-state index is 11.3. The van der Waals surface area contributed by atoms with Gasteiger partial charge in [0.1, 0.15) is 5.69 Å². The molecule has 0 amide bonds. The average Bonchev–Trinajstić information content (AvgIpc) is 2.24. The van der Waals surface area contributed by atoms with E-state index in [1.807, 2.05) is 46.4 Å². The van der Waals surface area contributed by atoms with E-state index >= 15 is 0 Å². The van der Waals surface area contributed by atoms with Crippen LogP contribution in [0.5, 0.6) is 0 Å². The number of nitro groups is 2. The molecule has 0 heterocycles. The van der Waals surface area contributed by atoms with Gasteiger partial charge in [-0.15, -0.1) is 0 Å². The summed E-state index contributed by atoms with van der Waals surface area (Å²) in [6.07, 6.45) is 0. The van der Waals surface area contributed by atoms with Crippen molar-refractivity contribution in [2.45, 2.75) is 52.6 Å². The lowest BCUT2D eigenvalue weighted by Crippen LogP contribution is -2.53. The van der Waals surface area contributed by atoms with Crippen LogP contribution in [0.4, 0.5) is 17.1 Å². The van der Waals surface area contributed by atoms with E-state index in [-0.39, 0.29) is 22.5 Å². The molecule has 7 nitrogen and oxygen atoms in total. The van der Waals surface area contributed by atoms with Crippen molar-refractivity contribution in [1.82, 2.24) is 0 Å². The molecule has 21 heavy (non-hydrogen) atoms. The van der Waals surface area contributed by atoms with E-state index in [0.29, 0.717) is 5.69 Å². The standard InChI is InChI=1S/C14H21N3O4/c1-13(2,3)15(14(4,5)6)11-8-7-10(16(18)19)9-12(11)17(20)21/h7-9H,1-6H3. The van der Waals surface area contributed by atoms with Crippen molar-refractivity contribution in [3.63, 3.8) is 0 Å². The molecule has 0 radical (unpaired) electrons. The fourth-order valence-corrected chi connectivity index (χ4v) is 2.69. The first-order chi connectivity index (χ1) is 9.35. The third-order valence-electron chi connectivity index (χ3n) is 2.95. The molecule has 1 rings (SSSR count). The second-order valence-electron chi connectivity index (χ2n) is 6.86. The van der Waals surface area contributed by atoms with Crippen LogP contribution in [0.25, 0.3) is 0 Å². The van der Waals surface area contributed by atoms with Gasteiger partial charge in [-0.2, -0.15) is 0 Å². The SMILES string of the molecule is CC(C)(C)N(c1ccc([N+](=O)[O-])cc1[N+](=O)[O-])C(C)(C)C. The summed E-state index contributed by atoms with van der Waals surface area (Å²) >= 11 is 0. The first-order valence-electron chi connectivity index (χ1n) is 6.59. The summed E-state index contributed by atoms with van der Waals surface area (Å²) in [5, 5.41) is 22.1. The second-order valence-corrected chi connectivity index (χ2v) is 6.86. The van der Waals surface area contributed by atoms with Gasteiger partial charge < -0.3 is 4.90 Å². The minimum atomic E-state index is -0.630. The van der Waals surface area contributed by atoms with Crippen LogP contribution in [-0.4, -0.2) is 20.9 Å². The number of benzene rings is 1. The maximum Gasteiger partial charge on any atom is 0.299 e. The molecule has 0 N–H and O–H groups in total. The van der Waals surface area contributed by atoms with Crippen LogP contribution in [0.1, 0.15) is 41.5 Å². The Balaban J connectivity index is 3.60. The number of nitrogens with zero attached hydrogens (tertiary/aromatic N) is 3. The highest BCUT2D eigenvalue weighted by Gasteiger charge is 2.36. The van der Waals surface area contributed by atoms with Crippen LogP contribution in [-0.2, 0) is 0 Å². The Kier molecular flexibility index (Phi) is 4.26. The Morgan fingerprint density at radius 3 is 1.71 bits per heavy atom. The Hall–Kier alpha value is -2.18. The zero-order valence-electron chi connectivity index (χ0n) is 13.2. The molecule has 1 aromatic rings. The fourth-order valence-electron chi connectivity index (χ4n) is 2.69. The van der Waals surface area contributed by atoms with E-state index in [4.69, 9.17) is 0 Å². The molecule has 0 aliphatic carbocycles. The van der Waals surface area contributed by atoms with Gasteiger partial charge in [0.2, 0.25) is 0 Å². The Morgan fingerprint density at radius 2 is 1.38 bits per heavy atom. The smallest absolute Gasteiger partial charge is 0.299 e. The number of hydrogen-bond acceptors (Lipinski definition) is 5. The fraction of sp³-hybridized carbons (Fsp3) is 0.571.